The van der Waals surface area contributed by atoms with Crippen LogP contribution in [-0.4, -0.2) is 21.9 Å². The first-order chi connectivity index (χ1) is 6.09. The summed E-state index contributed by atoms with van der Waals surface area (Å²) in [6, 6.07) is 0.263. The van der Waals surface area contributed by atoms with Gasteiger partial charge in [0.1, 0.15) is 0 Å². The highest BCUT2D eigenvalue weighted by Gasteiger charge is 2.02. The molecule has 0 fully saturated rings. The number of rotatable bonds is 3. The van der Waals surface area contributed by atoms with Gasteiger partial charge in [-0.1, -0.05) is 0 Å². The molecule has 1 aromatic heterocycles. The topological polar surface area (TPSA) is 80.9 Å². The number of carbonyl (C=O) groups excluding carboxylic acids is 1. The molecule has 5 heteroatoms. The molecule has 0 radical (unpaired) electrons. The number of hydrogen-bond acceptors (Lipinski definition) is 4. The molecule has 70 valence electrons. The maximum absolute atomic E-state index is 10.7. The number of hydrogen-bond donors (Lipinski definition) is 2. The predicted molar refractivity (Wildman–Crippen MR) is 49.3 cm³/mol. The largest absolute Gasteiger partial charge is 0.366 e. The standard InChI is InChI=1S/C8H12N4O/c1-5(2)12-8-10-3-6(4-11-8)7(9)13/h3-5H,1-2H3,(H2,9,13)(H,10,11,12). The van der Waals surface area contributed by atoms with Crippen molar-refractivity contribution >= 4 is 11.9 Å². The molecule has 0 bridgehead atoms. The van der Waals surface area contributed by atoms with Crippen molar-refractivity contribution in [3.05, 3.63) is 18.0 Å². The van der Waals surface area contributed by atoms with Crippen LogP contribution in [0.15, 0.2) is 12.4 Å². The van der Waals surface area contributed by atoms with Gasteiger partial charge in [-0.2, -0.15) is 0 Å². The molecule has 0 aliphatic heterocycles. The summed E-state index contributed by atoms with van der Waals surface area (Å²) >= 11 is 0. The Morgan fingerprint density at radius 1 is 1.46 bits per heavy atom. The van der Waals surface area contributed by atoms with Gasteiger partial charge < -0.3 is 11.1 Å². The van der Waals surface area contributed by atoms with Gasteiger partial charge >= 0.3 is 0 Å². The van der Waals surface area contributed by atoms with Gasteiger partial charge in [-0.25, -0.2) is 9.97 Å². The quantitative estimate of drug-likeness (QED) is 0.705. The zero-order valence-electron chi connectivity index (χ0n) is 7.61. The molecule has 1 amide bonds. The minimum absolute atomic E-state index is 0.263. The number of primary amides is 1. The highest BCUT2D eigenvalue weighted by Crippen LogP contribution is 2.00. The molecule has 1 aromatic rings. The molecule has 1 heterocycles. The van der Waals surface area contributed by atoms with Gasteiger partial charge in [0, 0.05) is 18.4 Å². The predicted octanol–water partition coefficient (Wildman–Crippen LogP) is 0.396. The molecule has 0 atom stereocenters. The Morgan fingerprint density at radius 3 is 2.38 bits per heavy atom. The van der Waals surface area contributed by atoms with Crippen molar-refractivity contribution in [2.75, 3.05) is 5.32 Å². The minimum Gasteiger partial charge on any atom is -0.366 e. The van der Waals surface area contributed by atoms with E-state index in [1.165, 1.54) is 12.4 Å². The number of carbonyl (C=O) groups is 1. The molecule has 0 saturated carbocycles. The molecular weight excluding hydrogens is 168 g/mol. The van der Waals surface area contributed by atoms with Gasteiger partial charge in [0.05, 0.1) is 5.56 Å². The number of aromatic nitrogens is 2. The monoisotopic (exact) mass is 180 g/mol. The molecule has 0 saturated heterocycles. The fourth-order valence-electron chi connectivity index (χ4n) is 0.788. The van der Waals surface area contributed by atoms with Crippen LogP contribution in [0.25, 0.3) is 0 Å². The third-order valence-corrected chi connectivity index (χ3v) is 1.35. The first-order valence-electron chi connectivity index (χ1n) is 3.98. The number of nitrogens with two attached hydrogens (primary N) is 1. The number of nitrogens with zero attached hydrogens (tertiary/aromatic N) is 2. The van der Waals surface area contributed by atoms with E-state index in [9.17, 15) is 4.79 Å². The van der Waals surface area contributed by atoms with Gasteiger partial charge in [0.25, 0.3) is 5.91 Å². The minimum atomic E-state index is -0.518. The van der Waals surface area contributed by atoms with Crippen LogP contribution in [0.5, 0.6) is 0 Å². The number of amides is 1. The lowest BCUT2D eigenvalue weighted by Gasteiger charge is -2.06. The Balaban J connectivity index is 2.75. The molecule has 0 aromatic carbocycles. The van der Waals surface area contributed by atoms with E-state index in [0.717, 1.165) is 0 Å². The van der Waals surface area contributed by atoms with Crippen molar-refractivity contribution in [1.29, 1.82) is 0 Å². The molecule has 0 aliphatic rings. The number of anilines is 1. The first-order valence-corrected chi connectivity index (χ1v) is 3.98. The lowest BCUT2D eigenvalue weighted by atomic mass is 10.3. The van der Waals surface area contributed by atoms with E-state index in [1.54, 1.807) is 0 Å². The van der Waals surface area contributed by atoms with Crippen molar-refractivity contribution in [2.24, 2.45) is 5.73 Å². The molecular formula is C8H12N4O. The van der Waals surface area contributed by atoms with Crippen molar-refractivity contribution in [1.82, 2.24) is 9.97 Å². The second-order valence-corrected chi connectivity index (χ2v) is 2.96. The van der Waals surface area contributed by atoms with Crippen molar-refractivity contribution in [3.8, 4) is 0 Å². The Labute approximate surface area is 76.4 Å². The van der Waals surface area contributed by atoms with Crippen molar-refractivity contribution < 1.29 is 4.79 Å². The highest BCUT2D eigenvalue weighted by atomic mass is 16.1. The van der Waals surface area contributed by atoms with Gasteiger partial charge in [-0.15, -0.1) is 0 Å². The van der Waals surface area contributed by atoms with Gasteiger partial charge in [0.15, 0.2) is 0 Å². The van der Waals surface area contributed by atoms with Crippen LogP contribution in [0, 0.1) is 0 Å². The SMILES string of the molecule is CC(C)Nc1ncc(C(N)=O)cn1. The average molecular weight is 180 g/mol. The summed E-state index contributed by atoms with van der Waals surface area (Å²) in [7, 11) is 0. The highest BCUT2D eigenvalue weighted by molar-refractivity contribution is 5.92. The smallest absolute Gasteiger partial charge is 0.251 e. The Morgan fingerprint density at radius 2 is 2.00 bits per heavy atom. The molecule has 0 spiro atoms. The summed E-state index contributed by atoms with van der Waals surface area (Å²) in [4.78, 5) is 18.5. The Hall–Kier alpha value is -1.65. The second-order valence-electron chi connectivity index (χ2n) is 2.96. The molecule has 1 rings (SSSR count). The van der Waals surface area contributed by atoms with E-state index >= 15 is 0 Å². The van der Waals surface area contributed by atoms with Gasteiger partial charge in [0.2, 0.25) is 5.95 Å². The van der Waals surface area contributed by atoms with Crippen LogP contribution in [-0.2, 0) is 0 Å². The zero-order chi connectivity index (χ0) is 9.84. The first kappa shape index (κ1) is 9.44. The van der Waals surface area contributed by atoms with E-state index in [2.05, 4.69) is 15.3 Å². The average Bonchev–Trinajstić information content (AvgIpc) is 2.04. The van der Waals surface area contributed by atoms with Crippen LogP contribution in [0.2, 0.25) is 0 Å². The Kier molecular flexibility index (Phi) is 2.79. The van der Waals surface area contributed by atoms with E-state index in [0.29, 0.717) is 11.5 Å². The molecule has 0 unspecified atom stereocenters. The lowest BCUT2D eigenvalue weighted by molar-refractivity contribution is 0.0999. The third kappa shape index (κ3) is 2.70. The third-order valence-electron chi connectivity index (χ3n) is 1.35. The van der Waals surface area contributed by atoms with E-state index in [4.69, 9.17) is 5.73 Å². The van der Waals surface area contributed by atoms with E-state index < -0.39 is 5.91 Å². The fourth-order valence-corrected chi connectivity index (χ4v) is 0.788. The van der Waals surface area contributed by atoms with E-state index in [1.807, 2.05) is 13.8 Å². The fraction of sp³-hybridized carbons (Fsp3) is 0.375. The maximum atomic E-state index is 10.7. The van der Waals surface area contributed by atoms with Crippen LogP contribution in [0.4, 0.5) is 5.95 Å². The zero-order valence-corrected chi connectivity index (χ0v) is 7.61. The second kappa shape index (κ2) is 3.84. The molecule has 3 N–H and O–H groups in total. The van der Waals surface area contributed by atoms with Crippen LogP contribution in [0.1, 0.15) is 24.2 Å². The van der Waals surface area contributed by atoms with E-state index in [-0.39, 0.29) is 6.04 Å². The summed E-state index contributed by atoms with van der Waals surface area (Å²) in [6.07, 6.45) is 2.81. The lowest BCUT2D eigenvalue weighted by Crippen LogP contribution is -2.15. The van der Waals surface area contributed by atoms with Gasteiger partial charge in [-0.3, -0.25) is 4.79 Å². The molecule has 13 heavy (non-hydrogen) atoms. The molecule has 0 aliphatic carbocycles. The van der Waals surface area contributed by atoms with Crippen LogP contribution in [0.3, 0.4) is 0 Å². The number of nitrogens with one attached hydrogen (secondary N) is 1. The van der Waals surface area contributed by atoms with Crippen molar-refractivity contribution in [2.45, 2.75) is 19.9 Å². The normalized spacial score (nSPS) is 10.1. The molecule has 5 nitrogen and oxygen atoms in total. The van der Waals surface area contributed by atoms with Crippen molar-refractivity contribution in [3.63, 3.8) is 0 Å². The van der Waals surface area contributed by atoms with Crippen LogP contribution >= 0.6 is 0 Å². The van der Waals surface area contributed by atoms with Crippen LogP contribution < -0.4 is 11.1 Å². The van der Waals surface area contributed by atoms with Gasteiger partial charge in [-0.05, 0) is 13.8 Å². The maximum Gasteiger partial charge on any atom is 0.251 e. The summed E-state index contributed by atoms with van der Waals surface area (Å²) in [5.41, 5.74) is 5.34. The Bertz CT molecular complexity index is 294. The summed E-state index contributed by atoms with van der Waals surface area (Å²) < 4.78 is 0. The summed E-state index contributed by atoms with van der Waals surface area (Å²) in [5, 5.41) is 3.00. The summed E-state index contributed by atoms with van der Waals surface area (Å²) in [5.74, 6) is -0.0175. The summed E-state index contributed by atoms with van der Waals surface area (Å²) in [6.45, 7) is 3.96.